The molecule has 0 aliphatic heterocycles. The van der Waals surface area contributed by atoms with Crippen molar-refractivity contribution in [3.8, 4) is 0 Å². The van der Waals surface area contributed by atoms with Crippen molar-refractivity contribution in [3.63, 3.8) is 0 Å². The summed E-state index contributed by atoms with van der Waals surface area (Å²) in [6.07, 6.45) is 12.3. The molecule has 0 aliphatic rings. The van der Waals surface area contributed by atoms with Gasteiger partial charge < -0.3 is 0 Å². The molecule has 0 N–H and O–H groups in total. The first kappa shape index (κ1) is 25.6. The van der Waals surface area contributed by atoms with E-state index in [1.807, 2.05) is 19.1 Å². The zero-order valence-electron chi connectivity index (χ0n) is 18.9. The van der Waals surface area contributed by atoms with E-state index in [1.165, 1.54) is 0 Å². The van der Waals surface area contributed by atoms with Crippen LogP contribution in [0.2, 0.25) is 0 Å². The van der Waals surface area contributed by atoms with Crippen molar-refractivity contribution in [1.29, 1.82) is 0 Å². The maximum atomic E-state index is 13.4. The zero-order valence-corrected chi connectivity index (χ0v) is 20.6. The summed E-state index contributed by atoms with van der Waals surface area (Å²) in [5.74, 6) is 0. The van der Waals surface area contributed by atoms with E-state index in [9.17, 15) is 8.42 Å². The number of benzene rings is 1. The number of aryl methyl sites for hydroxylation is 1. The third-order valence-corrected chi connectivity index (χ3v) is 15.0. The molecule has 0 saturated heterocycles. The molecule has 1 aromatic carbocycles. The molecular weight excluding hydrogens is 387 g/mol. The van der Waals surface area contributed by atoms with Crippen LogP contribution in [-0.2, 0) is 14.1 Å². The molecule has 164 valence electrons. The van der Waals surface area contributed by atoms with E-state index in [2.05, 4.69) is 27.7 Å². The van der Waals surface area contributed by atoms with Crippen molar-refractivity contribution < 1.29 is 12.4 Å². The van der Waals surface area contributed by atoms with E-state index in [4.69, 9.17) is 3.97 Å². The first-order valence-corrected chi connectivity index (χ1v) is 15.6. The van der Waals surface area contributed by atoms with Crippen molar-refractivity contribution >= 4 is 16.9 Å². The van der Waals surface area contributed by atoms with Crippen LogP contribution in [-0.4, -0.2) is 33.1 Å². The number of rotatable bonds is 15. The molecule has 0 atom stereocenters. The predicted molar refractivity (Wildman–Crippen MR) is 125 cm³/mol. The van der Waals surface area contributed by atoms with Crippen LogP contribution in [0.15, 0.2) is 29.2 Å². The van der Waals surface area contributed by atoms with Gasteiger partial charge in [0, 0.05) is 0 Å². The molecule has 1 aromatic rings. The van der Waals surface area contributed by atoms with Gasteiger partial charge in [-0.3, -0.25) is 0 Å². The molecule has 0 fully saturated rings. The Labute approximate surface area is 174 Å². The van der Waals surface area contributed by atoms with Crippen LogP contribution in [0.4, 0.5) is 0 Å². The Hall–Kier alpha value is -0.440. The molecule has 0 aromatic heterocycles. The van der Waals surface area contributed by atoms with Crippen LogP contribution in [0, 0.1) is 6.92 Å². The molecule has 0 amide bonds. The Balaban J connectivity index is 3.46. The average Bonchev–Trinajstić information content (AvgIpc) is 2.68. The Morgan fingerprint density at radius 2 is 1.07 bits per heavy atom. The minimum absolute atomic E-state index is 0.313. The summed E-state index contributed by atoms with van der Waals surface area (Å²) in [5, 5.41) is 0. The van der Waals surface area contributed by atoms with Gasteiger partial charge in [0.15, 0.2) is 0 Å². The first-order chi connectivity index (χ1) is 13.3. The molecule has 0 heterocycles. The van der Waals surface area contributed by atoms with Gasteiger partial charge in [-0.25, -0.2) is 0 Å². The Morgan fingerprint density at radius 1 is 0.714 bits per heavy atom. The SMILES string of the molecule is CCCCP(CCCC)(CCCC)(CCCC)OS(=O)(=O)c1ccc(C)cc1. The monoisotopic (exact) mass is 430 g/mol. The fourth-order valence-corrected chi connectivity index (χ4v) is 14.1. The maximum absolute atomic E-state index is 13.4. The molecule has 28 heavy (non-hydrogen) atoms. The summed E-state index contributed by atoms with van der Waals surface area (Å²) in [4.78, 5) is 0.313. The molecule has 0 aliphatic carbocycles. The molecular formula is C23H43O3PS. The third kappa shape index (κ3) is 7.11. The van der Waals surface area contributed by atoms with Gasteiger partial charge in [0.1, 0.15) is 0 Å². The van der Waals surface area contributed by atoms with Gasteiger partial charge in [-0.15, -0.1) is 0 Å². The van der Waals surface area contributed by atoms with E-state index in [1.54, 1.807) is 12.1 Å². The molecule has 5 heteroatoms. The summed E-state index contributed by atoms with van der Waals surface area (Å²) in [6.45, 7) is 7.90. The van der Waals surface area contributed by atoms with E-state index in [-0.39, 0.29) is 0 Å². The Bertz CT molecular complexity index is 624. The molecule has 3 nitrogen and oxygen atoms in total. The molecule has 0 saturated carbocycles. The average molecular weight is 431 g/mol. The van der Waals surface area contributed by atoms with Gasteiger partial charge in [-0.2, -0.15) is 0 Å². The van der Waals surface area contributed by atoms with Crippen molar-refractivity contribution in [3.05, 3.63) is 29.8 Å². The second-order valence-corrected chi connectivity index (χ2v) is 16.0. The second-order valence-electron chi connectivity index (χ2n) is 8.51. The van der Waals surface area contributed by atoms with Crippen LogP contribution in [0.25, 0.3) is 0 Å². The quantitative estimate of drug-likeness (QED) is 0.273. The van der Waals surface area contributed by atoms with Crippen LogP contribution in [0.3, 0.4) is 0 Å². The zero-order chi connectivity index (χ0) is 21.1. The summed E-state index contributed by atoms with van der Waals surface area (Å²) in [7, 11) is -3.76. The molecule has 0 unspecified atom stereocenters. The van der Waals surface area contributed by atoms with Crippen molar-refractivity contribution in [2.75, 3.05) is 24.6 Å². The van der Waals surface area contributed by atoms with E-state index in [0.29, 0.717) is 4.90 Å². The van der Waals surface area contributed by atoms with Gasteiger partial charge in [0.25, 0.3) is 0 Å². The molecule has 1 rings (SSSR count). The molecule has 0 radical (unpaired) electrons. The molecule has 0 bridgehead atoms. The molecule has 0 spiro atoms. The Morgan fingerprint density at radius 3 is 1.39 bits per heavy atom. The van der Waals surface area contributed by atoms with Crippen LogP contribution in [0.1, 0.15) is 84.6 Å². The first-order valence-electron chi connectivity index (χ1n) is 11.3. The van der Waals surface area contributed by atoms with Gasteiger partial charge in [-0.05, 0) is 0 Å². The number of unbranched alkanes of at least 4 members (excludes halogenated alkanes) is 4. The number of hydrogen-bond donors (Lipinski definition) is 0. The van der Waals surface area contributed by atoms with Gasteiger partial charge in [0.2, 0.25) is 0 Å². The van der Waals surface area contributed by atoms with Crippen molar-refractivity contribution in [2.24, 2.45) is 0 Å². The van der Waals surface area contributed by atoms with Gasteiger partial charge in [0.05, 0.1) is 0 Å². The second kappa shape index (κ2) is 11.7. The van der Waals surface area contributed by atoms with E-state index < -0.39 is 16.9 Å². The summed E-state index contributed by atoms with van der Waals surface area (Å²) >= 11 is 0. The van der Waals surface area contributed by atoms with E-state index in [0.717, 1.165) is 81.6 Å². The summed E-state index contributed by atoms with van der Waals surface area (Å²) in [6, 6.07) is 7.13. The van der Waals surface area contributed by atoms with Crippen molar-refractivity contribution in [2.45, 2.75) is 90.9 Å². The van der Waals surface area contributed by atoms with E-state index >= 15 is 0 Å². The predicted octanol–water partition coefficient (Wildman–Crippen LogP) is 7.37. The van der Waals surface area contributed by atoms with Gasteiger partial charge in [-0.1, -0.05) is 0 Å². The van der Waals surface area contributed by atoms with Crippen LogP contribution in [0.5, 0.6) is 0 Å². The number of hydrogen-bond acceptors (Lipinski definition) is 3. The normalized spacial score (nSPS) is 14.0. The topological polar surface area (TPSA) is 43.4 Å². The minimum atomic E-state index is -3.76. The fraction of sp³-hybridized carbons (Fsp3) is 0.739. The standard InChI is InChI=1S/C23H43O3PS/c1-6-10-18-27(19-11-7-2,20-12-8-3,21-13-9-4)26-28(24,25)23-16-14-22(5)15-17-23/h14-17H,6-13,18-21H2,1-5H3. The van der Waals surface area contributed by atoms with Crippen LogP contribution >= 0.6 is 6.83 Å². The Kier molecular flexibility index (Phi) is 10.7. The van der Waals surface area contributed by atoms with Gasteiger partial charge >= 0.3 is 175 Å². The fourth-order valence-electron chi connectivity index (χ4n) is 4.08. The summed E-state index contributed by atoms with van der Waals surface area (Å²) in [5.41, 5.74) is 1.06. The summed E-state index contributed by atoms with van der Waals surface area (Å²) < 4.78 is 33.4. The van der Waals surface area contributed by atoms with Crippen molar-refractivity contribution in [1.82, 2.24) is 0 Å². The third-order valence-electron chi connectivity index (χ3n) is 5.93. The van der Waals surface area contributed by atoms with Crippen LogP contribution < -0.4 is 0 Å².